The van der Waals surface area contributed by atoms with E-state index < -0.39 is 0 Å². The number of carbonyl (C=O) groups is 1. The summed E-state index contributed by atoms with van der Waals surface area (Å²) in [7, 11) is 1.62. The van der Waals surface area contributed by atoms with Crippen LogP contribution in [0.5, 0.6) is 5.75 Å². The second-order valence-corrected chi connectivity index (χ2v) is 5.38. The first-order valence-corrected chi connectivity index (χ1v) is 7.92. The number of nitrogens with one attached hydrogen (secondary N) is 2. The fourth-order valence-corrected chi connectivity index (χ4v) is 2.14. The van der Waals surface area contributed by atoms with E-state index in [1.165, 1.54) is 0 Å². The number of rotatable bonds is 9. The maximum absolute atomic E-state index is 12.0. The van der Waals surface area contributed by atoms with Crippen molar-refractivity contribution in [3.63, 3.8) is 0 Å². The van der Waals surface area contributed by atoms with E-state index in [2.05, 4.69) is 15.6 Å². The quantitative estimate of drug-likeness (QED) is 0.691. The van der Waals surface area contributed by atoms with Gasteiger partial charge in [-0.15, -0.1) is 0 Å². The highest BCUT2D eigenvalue weighted by molar-refractivity contribution is 5.90. The van der Waals surface area contributed by atoms with Gasteiger partial charge < -0.3 is 24.7 Å². The lowest BCUT2D eigenvalue weighted by molar-refractivity contribution is 0.146. The fraction of sp³-hybridized carbons (Fsp3) is 0.412. The third kappa shape index (κ3) is 5.92. The van der Waals surface area contributed by atoms with Crippen LogP contribution in [0, 0.1) is 6.92 Å². The Bertz CT molecular complexity index is 629. The lowest BCUT2D eigenvalue weighted by Crippen LogP contribution is -2.30. The average Bonchev–Trinajstić information content (AvgIpc) is 3.08. The Labute approximate surface area is 142 Å². The predicted octanol–water partition coefficient (Wildman–Crippen LogP) is 2.43. The van der Waals surface area contributed by atoms with Crippen molar-refractivity contribution in [2.24, 2.45) is 0 Å². The molecule has 24 heavy (non-hydrogen) atoms. The highest BCUT2D eigenvalue weighted by Crippen LogP contribution is 2.25. The minimum Gasteiger partial charge on any atom is -0.489 e. The van der Waals surface area contributed by atoms with Crippen LogP contribution in [-0.4, -0.2) is 42.5 Å². The monoisotopic (exact) mass is 332 g/mol. The third-order valence-electron chi connectivity index (χ3n) is 3.37. The summed E-state index contributed by atoms with van der Waals surface area (Å²) < 4.78 is 12.6. The van der Waals surface area contributed by atoms with Gasteiger partial charge >= 0.3 is 6.03 Å². The molecule has 7 nitrogen and oxygen atoms in total. The number of urea groups is 1. The number of amides is 2. The smallest absolute Gasteiger partial charge is 0.319 e. The largest absolute Gasteiger partial charge is 0.489 e. The van der Waals surface area contributed by atoms with Crippen LogP contribution in [0.25, 0.3) is 0 Å². The van der Waals surface area contributed by atoms with E-state index in [1.807, 2.05) is 35.9 Å². The molecule has 0 spiro atoms. The summed E-state index contributed by atoms with van der Waals surface area (Å²) in [4.78, 5) is 16.0. The Kier molecular flexibility index (Phi) is 7.10. The number of aryl methyl sites for hydroxylation is 2. The standard InChI is InChI=1S/C17H24N4O3/c1-14-4-5-15(16(12-14)24-11-10-23-2)20-17(22)19-6-3-8-21-9-7-18-13-21/h4-5,7,9,12-13H,3,6,8,10-11H2,1-2H3,(H2,19,20,22). The van der Waals surface area contributed by atoms with Crippen LogP contribution in [-0.2, 0) is 11.3 Å². The number of benzene rings is 1. The minimum absolute atomic E-state index is 0.249. The predicted molar refractivity (Wildman–Crippen MR) is 92.4 cm³/mol. The van der Waals surface area contributed by atoms with E-state index >= 15 is 0 Å². The second kappa shape index (κ2) is 9.57. The van der Waals surface area contributed by atoms with Gasteiger partial charge in [0, 0.05) is 32.6 Å². The van der Waals surface area contributed by atoms with Gasteiger partial charge in [-0.25, -0.2) is 9.78 Å². The molecule has 0 bridgehead atoms. The SMILES string of the molecule is COCCOc1cc(C)ccc1NC(=O)NCCCn1ccnc1. The summed E-state index contributed by atoms with van der Waals surface area (Å²) in [5.41, 5.74) is 1.71. The first-order valence-electron chi connectivity index (χ1n) is 7.92. The van der Waals surface area contributed by atoms with Gasteiger partial charge in [0.15, 0.2) is 0 Å². The van der Waals surface area contributed by atoms with Crippen LogP contribution in [0.2, 0.25) is 0 Å². The molecule has 2 rings (SSSR count). The zero-order chi connectivity index (χ0) is 17.2. The van der Waals surface area contributed by atoms with Gasteiger partial charge in [0.2, 0.25) is 0 Å². The van der Waals surface area contributed by atoms with E-state index in [-0.39, 0.29) is 6.03 Å². The number of anilines is 1. The van der Waals surface area contributed by atoms with Crippen molar-refractivity contribution in [1.29, 1.82) is 0 Å². The van der Waals surface area contributed by atoms with Crippen LogP contribution >= 0.6 is 0 Å². The van der Waals surface area contributed by atoms with Crippen molar-refractivity contribution >= 4 is 11.7 Å². The maximum Gasteiger partial charge on any atom is 0.319 e. The summed E-state index contributed by atoms with van der Waals surface area (Å²) in [6.45, 7) is 4.30. The van der Waals surface area contributed by atoms with Crippen LogP contribution in [0.15, 0.2) is 36.9 Å². The van der Waals surface area contributed by atoms with E-state index in [1.54, 1.807) is 19.6 Å². The molecule has 0 fully saturated rings. The average molecular weight is 332 g/mol. The number of nitrogens with zero attached hydrogens (tertiary/aromatic N) is 2. The van der Waals surface area contributed by atoms with Gasteiger partial charge in [0.1, 0.15) is 12.4 Å². The van der Waals surface area contributed by atoms with Crippen molar-refractivity contribution in [1.82, 2.24) is 14.9 Å². The summed E-state index contributed by atoms with van der Waals surface area (Å²) in [6, 6.07) is 5.41. The van der Waals surface area contributed by atoms with Crippen molar-refractivity contribution in [3.05, 3.63) is 42.5 Å². The molecule has 1 aromatic carbocycles. The fourth-order valence-electron chi connectivity index (χ4n) is 2.14. The molecule has 0 saturated carbocycles. The van der Waals surface area contributed by atoms with Crippen molar-refractivity contribution in [3.8, 4) is 5.75 Å². The Morgan fingerprint density at radius 3 is 2.96 bits per heavy atom. The van der Waals surface area contributed by atoms with Crippen molar-refractivity contribution in [2.75, 3.05) is 32.2 Å². The van der Waals surface area contributed by atoms with Gasteiger partial charge in [-0.05, 0) is 31.0 Å². The summed E-state index contributed by atoms with van der Waals surface area (Å²) in [5.74, 6) is 0.639. The number of carbonyl (C=O) groups excluding carboxylic acids is 1. The molecule has 0 aliphatic carbocycles. The third-order valence-corrected chi connectivity index (χ3v) is 3.37. The lowest BCUT2D eigenvalue weighted by atomic mass is 10.2. The summed E-state index contributed by atoms with van der Waals surface area (Å²) >= 11 is 0. The molecule has 0 atom stereocenters. The first kappa shape index (κ1) is 17.8. The number of aromatic nitrogens is 2. The van der Waals surface area contributed by atoms with Gasteiger partial charge in [-0.1, -0.05) is 6.07 Å². The number of methoxy groups -OCH3 is 1. The Morgan fingerprint density at radius 1 is 1.33 bits per heavy atom. The normalized spacial score (nSPS) is 10.4. The Balaban J connectivity index is 1.79. The van der Waals surface area contributed by atoms with Crippen LogP contribution in [0.4, 0.5) is 10.5 Å². The molecule has 0 unspecified atom stereocenters. The molecule has 1 aromatic heterocycles. The molecule has 0 radical (unpaired) electrons. The number of imidazole rings is 1. The van der Waals surface area contributed by atoms with Crippen LogP contribution in [0.1, 0.15) is 12.0 Å². The zero-order valence-corrected chi connectivity index (χ0v) is 14.1. The summed E-state index contributed by atoms with van der Waals surface area (Å²) in [5, 5.41) is 5.66. The molecule has 2 aromatic rings. The highest BCUT2D eigenvalue weighted by Gasteiger charge is 2.08. The van der Waals surface area contributed by atoms with Crippen molar-refractivity contribution in [2.45, 2.75) is 19.9 Å². The molecule has 0 aliphatic rings. The number of ether oxygens (including phenoxy) is 2. The van der Waals surface area contributed by atoms with Crippen LogP contribution in [0.3, 0.4) is 0 Å². The summed E-state index contributed by atoms with van der Waals surface area (Å²) in [6.07, 6.45) is 6.23. The molecule has 1 heterocycles. The van der Waals surface area contributed by atoms with Gasteiger partial charge in [-0.2, -0.15) is 0 Å². The maximum atomic E-state index is 12.0. The number of hydrogen-bond acceptors (Lipinski definition) is 4. The van der Waals surface area contributed by atoms with Crippen molar-refractivity contribution < 1.29 is 14.3 Å². The molecule has 7 heteroatoms. The molecule has 2 amide bonds. The number of hydrogen-bond donors (Lipinski definition) is 2. The lowest BCUT2D eigenvalue weighted by Gasteiger charge is -2.14. The molecular weight excluding hydrogens is 308 g/mol. The molecular formula is C17H24N4O3. The second-order valence-electron chi connectivity index (χ2n) is 5.38. The highest BCUT2D eigenvalue weighted by atomic mass is 16.5. The minimum atomic E-state index is -0.249. The Morgan fingerprint density at radius 2 is 2.21 bits per heavy atom. The van der Waals surface area contributed by atoms with E-state index in [9.17, 15) is 4.79 Å². The molecule has 0 aliphatic heterocycles. The Hall–Kier alpha value is -2.54. The van der Waals surface area contributed by atoms with E-state index in [0.717, 1.165) is 18.5 Å². The van der Waals surface area contributed by atoms with E-state index in [0.29, 0.717) is 31.2 Å². The molecule has 0 saturated heterocycles. The van der Waals surface area contributed by atoms with Crippen LogP contribution < -0.4 is 15.4 Å². The zero-order valence-electron chi connectivity index (χ0n) is 14.1. The first-order chi connectivity index (χ1) is 11.7. The van der Waals surface area contributed by atoms with Gasteiger partial charge in [0.25, 0.3) is 0 Å². The molecule has 130 valence electrons. The van der Waals surface area contributed by atoms with Gasteiger partial charge in [0.05, 0.1) is 18.6 Å². The molecule has 2 N–H and O–H groups in total. The topological polar surface area (TPSA) is 77.4 Å². The van der Waals surface area contributed by atoms with E-state index in [4.69, 9.17) is 9.47 Å². The van der Waals surface area contributed by atoms with Gasteiger partial charge in [-0.3, -0.25) is 0 Å².